The van der Waals surface area contributed by atoms with Gasteiger partial charge in [0.1, 0.15) is 40.4 Å². The zero-order valence-corrected chi connectivity index (χ0v) is 23.1. The van der Waals surface area contributed by atoms with Crippen LogP contribution in [0.1, 0.15) is 43.2 Å². The molecule has 1 saturated heterocycles. The van der Waals surface area contributed by atoms with Gasteiger partial charge in [-0.15, -0.1) is 0 Å². The van der Waals surface area contributed by atoms with Crippen molar-refractivity contribution in [2.45, 2.75) is 44.2 Å². The molecule has 3 atom stereocenters. The van der Waals surface area contributed by atoms with Gasteiger partial charge < -0.3 is 29.4 Å². The Morgan fingerprint density at radius 1 is 0.974 bits per heavy atom. The number of hydrogen-bond acceptors (Lipinski definition) is 8. The predicted molar refractivity (Wildman–Crippen MR) is 149 cm³/mol. The van der Waals surface area contributed by atoms with E-state index in [9.17, 15) is 5.26 Å². The fourth-order valence-electron chi connectivity index (χ4n) is 6.24. The largest absolute Gasteiger partial charge is 0.497 e. The van der Waals surface area contributed by atoms with E-state index in [1.54, 1.807) is 28.4 Å². The first-order chi connectivity index (χ1) is 19.0. The standard InChI is InChI=1S/C31H35N3O5/c1-6-13-34-24-11-12-25(34)29-28(21-10-9-20(36-3)16-27(21)38-5)23(17-32)31(33)39-30(29)22(24)14-18-7-8-19(35-2)15-26(18)37-4/h7-10,14-16,24-25,28H,6,11-13,33H2,1-5H3/b22-14+/t24-,25+,28-/m0/s1. The number of nitrogens with two attached hydrogens (primary N) is 1. The van der Waals surface area contributed by atoms with Gasteiger partial charge in [-0.25, -0.2) is 0 Å². The second kappa shape index (κ2) is 11.0. The highest BCUT2D eigenvalue weighted by molar-refractivity contribution is 5.69. The zero-order valence-electron chi connectivity index (χ0n) is 23.1. The zero-order chi connectivity index (χ0) is 27.7. The molecule has 8 heteroatoms. The van der Waals surface area contributed by atoms with E-state index in [1.165, 1.54) is 0 Å². The summed E-state index contributed by atoms with van der Waals surface area (Å²) in [4.78, 5) is 2.55. The van der Waals surface area contributed by atoms with Gasteiger partial charge in [0.25, 0.3) is 0 Å². The van der Waals surface area contributed by atoms with Gasteiger partial charge >= 0.3 is 0 Å². The van der Waals surface area contributed by atoms with Gasteiger partial charge in [0.05, 0.1) is 34.4 Å². The Morgan fingerprint density at radius 3 is 2.28 bits per heavy atom. The Kier molecular flexibility index (Phi) is 7.45. The fourth-order valence-corrected chi connectivity index (χ4v) is 6.24. The maximum Gasteiger partial charge on any atom is 0.205 e. The highest BCUT2D eigenvalue weighted by atomic mass is 16.5. The first-order valence-electron chi connectivity index (χ1n) is 13.2. The minimum absolute atomic E-state index is 0.119. The molecule has 8 nitrogen and oxygen atoms in total. The van der Waals surface area contributed by atoms with Crippen LogP contribution in [0.15, 0.2) is 64.8 Å². The summed E-state index contributed by atoms with van der Waals surface area (Å²) in [5.74, 6) is 3.19. The second-order valence-corrected chi connectivity index (χ2v) is 9.87. The summed E-state index contributed by atoms with van der Waals surface area (Å²) in [5.41, 5.74) is 10.7. The van der Waals surface area contributed by atoms with Crippen molar-refractivity contribution in [2.75, 3.05) is 35.0 Å². The summed E-state index contributed by atoms with van der Waals surface area (Å²) < 4.78 is 28.7. The van der Waals surface area contributed by atoms with Gasteiger partial charge in [0, 0.05) is 46.5 Å². The molecular formula is C31H35N3O5. The fraction of sp³-hybridized carbons (Fsp3) is 0.387. The van der Waals surface area contributed by atoms with Gasteiger partial charge in [-0.05, 0) is 50.1 Å². The van der Waals surface area contributed by atoms with Crippen molar-refractivity contribution < 1.29 is 23.7 Å². The summed E-state index contributed by atoms with van der Waals surface area (Å²) in [5, 5.41) is 10.3. The van der Waals surface area contributed by atoms with Crippen LogP contribution in [0.25, 0.3) is 6.08 Å². The van der Waals surface area contributed by atoms with Gasteiger partial charge in [-0.3, -0.25) is 4.90 Å². The third-order valence-electron chi connectivity index (χ3n) is 7.94. The van der Waals surface area contributed by atoms with Gasteiger partial charge in [-0.1, -0.05) is 13.0 Å². The van der Waals surface area contributed by atoms with Crippen LogP contribution in [0.4, 0.5) is 0 Å². The Morgan fingerprint density at radius 2 is 1.64 bits per heavy atom. The highest BCUT2D eigenvalue weighted by Crippen LogP contribution is 2.54. The molecule has 2 bridgehead atoms. The number of ether oxygens (including phenoxy) is 5. The SMILES string of the molecule is CCCN1[C@@H]2CC[C@H]1/C(=C\c1ccc(OC)cc1OC)C1=C2[C@@H](c2ccc(OC)cc2OC)C(C#N)=C(N)O1. The van der Waals surface area contributed by atoms with Crippen molar-refractivity contribution in [2.24, 2.45) is 5.73 Å². The molecule has 0 unspecified atom stereocenters. The molecule has 0 amide bonds. The maximum atomic E-state index is 10.3. The predicted octanol–water partition coefficient (Wildman–Crippen LogP) is 5.12. The van der Waals surface area contributed by atoms with Gasteiger partial charge in [0.2, 0.25) is 5.88 Å². The van der Waals surface area contributed by atoms with Crippen molar-refractivity contribution in [1.29, 1.82) is 5.26 Å². The van der Waals surface area contributed by atoms with Crippen LogP contribution in [0.2, 0.25) is 0 Å². The summed E-state index contributed by atoms with van der Waals surface area (Å²) in [6.07, 6.45) is 5.07. The lowest BCUT2D eigenvalue weighted by molar-refractivity contribution is 0.180. The summed E-state index contributed by atoms with van der Waals surface area (Å²) in [6.45, 7) is 3.12. The maximum absolute atomic E-state index is 10.3. The van der Waals surface area contributed by atoms with Crippen LogP contribution in [-0.2, 0) is 4.74 Å². The van der Waals surface area contributed by atoms with Gasteiger partial charge in [-0.2, -0.15) is 5.26 Å². The molecule has 0 radical (unpaired) electrons. The molecule has 3 aliphatic rings. The third-order valence-corrected chi connectivity index (χ3v) is 7.94. The van der Waals surface area contributed by atoms with Gasteiger partial charge in [0.15, 0.2) is 0 Å². The Balaban J connectivity index is 1.76. The molecule has 2 aromatic rings. The smallest absolute Gasteiger partial charge is 0.205 e. The molecule has 0 aliphatic carbocycles. The summed E-state index contributed by atoms with van der Waals surface area (Å²) >= 11 is 0. The second-order valence-electron chi connectivity index (χ2n) is 9.87. The highest BCUT2D eigenvalue weighted by Gasteiger charge is 2.50. The first kappa shape index (κ1) is 26.5. The molecule has 0 saturated carbocycles. The molecule has 3 heterocycles. The molecule has 204 valence electrons. The number of nitrogens with zero attached hydrogens (tertiary/aromatic N) is 2. The number of methoxy groups -OCH3 is 4. The average molecular weight is 530 g/mol. The van der Waals surface area contributed by atoms with Crippen molar-refractivity contribution in [1.82, 2.24) is 4.90 Å². The molecule has 2 N–H and O–H groups in total. The number of hydrogen-bond donors (Lipinski definition) is 1. The Hall–Kier alpha value is -4.09. The van der Waals surface area contributed by atoms with E-state index < -0.39 is 5.92 Å². The molecule has 0 spiro atoms. The number of nitriles is 1. The molecule has 2 aromatic carbocycles. The van der Waals surface area contributed by atoms with E-state index >= 15 is 0 Å². The normalized spacial score (nSPS) is 23.3. The Labute approximate surface area is 229 Å². The average Bonchev–Trinajstić information content (AvgIpc) is 3.30. The van der Waals surface area contributed by atoms with Crippen LogP contribution in [0, 0.1) is 11.3 Å². The molecule has 1 fully saturated rings. The van der Waals surface area contributed by atoms with Crippen molar-refractivity contribution in [3.63, 3.8) is 0 Å². The summed E-state index contributed by atoms with van der Waals surface area (Å²) in [6, 6.07) is 14.1. The number of allylic oxidation sites excluding steroid dienone is 1. The van der Waals surface area contributed by atoms with Crippen molar-refractivity contribution in [3.05, 3.63) is 75.9 Å². The van der Waals surface area contributed by atoms with E-state index in [1.807, 2.05) is 36.4 Å². The summed E-state index contributed by atoms with van der Waals surface area (Å²) in [7, 11) is 6.54. The van der Waals surface area contributed by atoms with E-state index in [-0.39, 0.29) is 18.0 Å². The topological polar surface area (TPSA) is 99.2 Å². The van der Waals surface area contributed by atoms with E-state index in [0.29, 0.717) is 22.8 Å². The van der Waals surface area contributed by atoms with Crippen LogP contribution >= 0.6 is 0 Å². The van der Waals surface area contributed by atoms with Crippen LogP contribution in [0.5, 0.6) is 23.0 Å². The lowest BCUT2D eigenvalue weighted by Crippen LogP contribution is -2.46. The van der Waals surface area contributed by atoms with Crippen molar-refractivity contribution >= 4 is 6.08 Å². The number of benzene rings is 2. The number of rotatable bonds is 8. The Bertz CT molecular complexity index is 1400. The van der Waals surface area contributed by atoms with E-state index in [0.717, 1.165) is 59.6 Å². The van der Waals surface area contributed by atoms with Crippen molar-refractivity contribution in [3.8, 4) is 29.1 Å². The monoisotopic (exact) mass is 529 g/mol. The van der Waals surface area contributed by atoms with Crippen LogP contribution in [0.3, 0.4) is 0 Å². The van der Waals surface area contributed by atoms with Crippen LogP contribution in [-0.4, -0.2) is 52.0 Å². The van der Waals surface area contributed by atoms with E-state index in [4.69, 9.17) is 29.4 Å². The van der Waals surface area contributed by atoms with E-state index in [2.05, 4.69) is 24.0 Å². The molecule has 0 aromatic heterocycles. The minimum Gasteiger partial charge on any atom is -0.497 e. The molecular weight excluding hydrogens is 494 g/mol. The number of fused-ring (bicyclic) bond motifs is 3. The quantitative estimate of drug-likeness (QED) is 0.503. The molecule has 39 heavy (non-hydrogen) atoms. The third kappa shape index (κ3) is 4.47. The first-order valence-corrected chi connectivity index (χ1v) is 13.2. The molecule has 3 aliphatic heterocycles. The van der Waals surface area contributed by atoms with Crippen LogP contribution < -0.4 is 24.7 Å². The molecule has 5 rings (SSSR count). The lowest BCUT2D eigenvalue weighted by Gasteiger charge is -2.43. The minimum atomic E-state index is -0.413. The lowest BCUT2D eigenvalue weighted by atomic mass is 9.76.